The molecule has 1 aromatic carbocycles. The van der Waals surface area contributed by atoms with Crippen LogP contribution in [0.15, 0.2) is 18.2 Å². The van der Waals surface area contributed by atoms with E-state index in [-0.39, 0.29) is 19.2 Å². The highest BCUT2D eigenvalue weighted by Crippen LogP contribution is 2.18. The third-order valence-corrected chi connectivity index (χ3v) is 3.57. The summed E-state index contributed by atoms with van der Waals surface area (Å²) in [6, 6.07) is 4.50. The van der Waals surface area contributed by atoms with Gasteiger partial charge in [0.1, 0.15) is 0 Å². The first-order valence-corrected chi connectivity index (χ1v) is 7.08. The maximum absolute atomic E-state index is 12.3. The van der Waals surface area contributed by atoms with Crippen LogP contribution in [0.2, 0.25) is 0 Å². The van der Waals surface area contributed by atoms with Crippen LogP contribution in [0.3, 0.4) is 0 Å². The third kappa shape index (κ3) is 3.98. The number of nitrogens with two attached hydrogens (primary N) is 1. The van der Waals surface area contributed by atoms with Crippen molar-refractivity contribution in [3.8, 4) is 0 Å². The summed E-state index contributed by atoms with van der Waals surface area (Å²) < 4.78 is 9.86. The average Bonchev–Trinajstić information content (AvgIpc) is 2.56. The Labute approximate surface area is 133 Å². The predicted octanol–water partition coefficient (Wildman–Crippen LogP) is 0.500. The van der Waals surface area contributed by atoms with Crippen LogP contribution < -0.4 is 11.1 Å². The van der Waals surface area contributed by atoms with Crippen molar-refractivity contribution in [3.63, 3.8) is 0 Å². The number of rotatable bonds is 3. The van der Waals surface area contributed by atoms with E-state index in [1.165, 1.54) is 12.0 Å². The van der Waals surface area contributed by atoms with Gasteiger partial charge in [-0.3, -0.25) is 4.79 Å². The fourth-order valence-corrected chi connectivity index (χ4v) is 2.20. The van der Waals surface area contributed by atoms with Gasteiger partial charge < -0.3 is 25.4 Å². The van der Waals surface area contributed by atoms with Crippen LogP contribution in [0, 0.1) is 6.92 Å². The first kappa shape index (κ1) is 16.8. The van der Waals surface area contributed by atoms with E-state index < -0.39 is 18.0 Å². The summed E-state index contributed by atoms with van der Waals surface area (Å²) in [5.41, 5.74) is 6.84. The largest absolute Gasteiger partial charge is 0.465 e. The van der Waals surface area contributed by atoms with E-state index in [1.807, 2.05) is 6.92 Å². The normalized spacial score (nSPS) is 17.5. The molecule has 0 radical (unpaired) electrons. The molecule has 3 amide bonds. The number of carbonyl (C=O) groups is 3. The van der Waals surface area contributed by atoms with Gasteiger partial charge in [-0.15, -0.1) is 0 Å². The Kier molecular flexibility index (Phi) is 5.17. The molecule has 1 atom stereocenters. The number of nitrogens with one attached hydrogen (secondary N) is 1. The molecule has 0 spiro atoms. The van der Waals surface area contributed by atoms with Crippen LogP contribution in [0.5, 0.6) is 0 Å². The van der Waals surface area contributed by atoms with Crippen molar-refractivity contribution in [2.24, 2.45) is 5.73 Å². The molecule has 0 aliphatic carbocycles. The first-order chi connectivity index (χ1) is 10.9. The Balaban J connectivity index is 2.10. The number of hydrogen-bond donors (Lipinski definition) is 2. The minimum atomic E-state index is -0.808. The second kappa shape index (κ2) is 7.10. The zero-order chi connectivity index (χ0) is 17.0. The quantitative estimate of drug-likeness (QED) is 0.788. The van der Waals surface area contributed by atoms with E-state index in [1.54, 1.807) is 18.2 Å². The molecule has 23 heavy (non-hydrogen) atoms. The van der Waals surface area contributed by atoms with Gasteiger partial charge >= 0.3 is 12.0 Å². The number of carbonyl (C=O) groups excluding carboxylic acids is 3. The van der Waals surface area contributed by atoms with Crippen LogP contribution in [-0.2, 0) is 14.3 Å². The first-order valence-electron chi connectivity index (χ1n) is 7.08. The van der Waals surface area contributed by atoms with Gasteiger partial charge in [-0.25, -0.2) is 9.59 Å². The molecule has 1 saturated heterocycles. The van der Waals surface area contributed by atoms with Crippen molar-refractivity contribution in [1.29, 1.82) is 0 Å². The van der Waals surface area contributed by atoms with Crippen LogP contribution in [0.1, 0.15) is 15.9 Å². The minimum Gasteiger partial charge on any atom is -0.465 e. The van der Waals surface area contributed by atoms with E-state index >= 15 is 0 Å². The molecule has 1 fully saturated rings. The number of morpholine rings is 1. The van der Waals surface area contributed by atoms with Crippen molar-refractivity contribution < 1.29 is 23.9 Å². The van der Waals surface area contributed by atoms with E-state index in [9.17, 15) is 14.4 Å². The number of hydrogen-bond acceptors (Lipinski definition) is 5. The van der Waals surface area contributed by atoms with Crippen molar-refractivity contribution in [2.45, 2.75) is 13.0 Å². The molecule has 0 aromatic heterocycles. The monoisotopic (exact) mass is 321 g/mol. The van der Waals surface area contributed by atoms with E-state index in [2.05, 4.69) is 10.1 Å². The highest BCUT2D eigenvalue weighted by molar-refractivity contribution is 5.95. The molecule has 1 heterocycles. The van der Waals surface area contributed by atoms with Gasteiger partial charge in [0.2, 0.25) is 5.91 Å². The van der Waals surface area contributed by atoms with Gasteiger partial charge in [0.25, 0.3) is 0 Å². The summed E-state index contributed by atoms with van der Waals surface area (Å²) in [4.78, 5) is 36.5. The summed E-state index contributed by atoms with van der Waals surface area (Å²) >= 11 is 0. The second-order valence-electron chi connectivity index (χ2n) is 5.16. The second-order valence-corrected chi connectivity index (χ2v) is 5.16. The fraction of sp³-hybridized carbons (Fsp3) is 0.400. The van der Waals surface area contributed by atoms with E-state index in [4.69, 9.17) is 10.5 Å². The highest BCUT2D eigenvalue weighted by Gasteiger charge is 2.28. The molecule has 2 rings (SSSR count). The maximum Gasteiger partial charge on any atom is 0.337 e. The molecule has 8 nitrogen and oxygen atoms in total. The number of urea groups is 1. The van der Waals surface area contributed by atoms with Gasteiger partial charge in [0, 0.05) is 12.2 Å². The number of primary amides is 1. The number of benzene rings is 1. The minimum absolute atomic E-state index is 0.0942. The van der Waals surface area contributed by atoms with Gasteiger partial charge in [0.15, 0.2) is 6.10 Å². The standard InChI is InChI=1S/C15H19N3O5/c1-9-3-4-10(14(20)22-2)7-11(9)17-15(21)18-5-6-23-12(8-18)13(16)19/h3-4,7,12H,5-6,8H2,1-2H3,(H2,16,19)(H,17,21)/t12-/m1/s1. The van der Waals surface area contributed by atoms with Crippen LogP contribution in [-0.4, -0.2) is 55.7 Å². The van der Waals surface area contributed by atoms with Crippen molar-refractivity contribution >= 4 is 23.6 Å². The molecular formula is C15H19N3O5. The molecule has 0 saturated carbocycles. The highest BCUT2D eigenvalue weighted by atomic mass is 16.5. The lowest BCUT2D eigenvalue weighted by molar-refractivity contribution is -0.133. The number of anilines is 1. The average molecular weight is 321 g/mol. The summed E-state index contributed by atoms with van der Waals surface area (Å²) in [5, 5.41) is 2.73. The van der Waals surface area contributed by atoms with E-state index in [0.717, 1.165) is 5.56 Å². The molecule has 0 unspecified atom stereocenters. The van der Waals surface area contributed by atoms with Crippen LogP contribution in [0.25, 0.3) is 0 Å². The Morgan fingerprint density at radius 1 is 1.39 bits per heavy atom. The number of nitrogens with zero attached hydrogens (tertiary/aromatic N) is 1. The third-order valence-electron chi connectivity index (χ3n) is 3.57. The summed E-state index contributed by atoms with van der Waals surface area (Å²) in [5.74, 6) is -1.09. The van der Waals surface area contributed by atoms with Gasteiger partial charge in [-0.1, -0.05) is 6.07 Å². The lowest BCUT2D eigenvalue weighted by Gasteiger charge is -2.31. The Hall–Kier alpha value is -2.61. The van der Waals surface area contributed by atoms with Gasteiger partial charge in [-0.05, 0) is 24.6 Å². The van der Waals surface area contributed by atoms with Crippen molar-refractivity contribution in [2.75, 3.05) is 32.1 Å². The molecule has 3 N–H and O–H groups in total. The van der Waals surface area contributed by atoms with Crippen LogP contribution >= 0.6 is 0 Å². The summed E-state index contributed by atoms with van der Waals surface area (Å²) in [6.45, 7) is 2.49. The van der Waals surface area contributed by atoms with E-state index in [0.29, 0.717) is 17.8 Å². The Morgan fingerprint density at radius 2 is 2.13 bits per heavy atom. The molecular weight excluding hydrogens is 302 g/mol. The van der Waals surface area contributed by atoms with Gasteiger partial charge in [-0.2, -0.15) is 0 Å². The summed E-state index contributed by atoms with van der Waals surface area (Å²) in [7, 11) is 1.29. The Bertz CT molecular complexity index is 632. The number of methoxy groups -OCH3 is 1. The molecule has 1 aliphatic rings. The molecule has 8 heteroatoms. The molecule has 0 bridgehead atoms. The zero-order valence-electron chi connectivity index (χ0n) is 13.0. The lowest BCUT2D eigenvalue weighted by Crippen LogP contribution is -2.51. The number of aryl methyl sites for hydroxylation is 1. The topological polar surface area (TPSA) is 111 Å². The molecule has 1 aromatic rings. The number of amides is 3. The SMILES string of the molecule is COC(=O)c1ccc(C)c(NC(=O)N2CCO[C@@H](C(N)=O)C2)c1. The molecule has 1 aliphatic heterocycles. The van der Waals surface area contributed by atoms with Crippen molar-refractivity contribution in [3.05, 3.63) is 29.3 Å². The predicted molar refractivity (Wildman–Crippen MR) is 82.0 cm³/mol. The maximum atomic E-state index is 12.3. The zero-order valence-corrected chi connectivity index (χ0v) is 13.0. The summed E-state index contributed by atoms with van der Waals surface area (Å²) in [6.07, 6.45) is -0.808. The lowest BCUT2D eigenvalue weighted by atomic mass is 10.1. The smallest absolute Gasteiger partial charge is 0.337 e. The number of esters is 1. The Morgan fingerprint density at radius 3 is 2.78 bits per heavy atom. The van der Waals surface area contributed by atoms with Crippen molar-refractivity contribution in [1.82, 2.24) is 4.90 Å². The van der Waals surface area contributed by atoms with Gasteiger partial charge in [0.05, 0.1) is 25.8 Å². The van der Waals surface area contributed by atoms with Crippen LogP contribution in [0.4, 0.5) is 10.5 Å². The fourth-order valence-electron chi connectivity index (χ4n) is 2.20. The molecule has 124 valence electrons. The number of ether oxygens (including phenoxy) is 2.